The van der Waals surface area contributed by atoms with E-state index in [0.717, 1.165) is 48.1 Å². The largest absolute Gasteiger partial charge is 0.506 e. The number of anilines is 1. The van der Waals surface area contributed by atoms with Gasteiger partial charge in [0.05, 0.1) is 12.2 Å². The number of unbranched alkanes of at least 4 members (excludes halogenated alkanes) is 1. The van der Waals surface area contributed by atoms with E-state index in [2.05, 4.69) is 82.5 Å². The lowest BCUT2D eigenvalue weighted by atomic mass is 9.76. The minimum atomic E-state index is -0.284. The number of carbonyl (C=O) groups is 1. The Morgan fingerprint density at radius 2 is 1.49 bits per heavy atom. The van der Waals surface area contributed by atoms with Gasteiger partial charge in [0.1, 0.15) is 11.5 Å². The van der Waals surface area contributed by atoms with Crippen LogP contribution in [0.5, 0.6) is 11.5 Å². The second kappa shape index (κ2) is 14.0. The highest BCUT2D eigenvalue weighted by molar-refractivity contribution is 6.08. The first-order valence-corrected chi connectivity index (χ1v) is 15.7. The first kappa shape index (κ1) is 31.9. The van der Waals surface area contributed by atoms with Gasteiger partial charge in [-0.3, -0.25) is 4.79 Å². The van der Waals surface area contributed by atoms with Gasteiger partial charge in [0, 0.05) is 35.1 Å². The zero-order chi connectivity index (χ0) is 31.0. The van der Waals surface area contributed by atoms with Crippen LogP contribution in [0.15, 0.2) is 78.9 Å². The van der Waals surface area contributed by atoms with Crippen LogP contribution in [-0.4, -0.2) is 24.2 Å². The smallest absolute Gasteiger partial charge is 0.255 e. The molecule has 228 valence electrons. The van der Waals surface area contributed by atoms with Crippen LogP contribution in [0.1, 0.15) is 94.3 Å². The third-order valence-corrected chi connectivity index (χ3v) is 8.96. The molecule has 0 aliphatic heterocycles. The molecule has 4 rings (SSSR count). The standard InChI is InChI=1S/C38H48N2O3/c1-7-37(3,4)28-20-21-34(32(24-28)38(5,6)8-2)43-23-15-14-22-39-36(42)31-25-33(40-26-27-16-10-9-11-17-27)29-18-12-13-19-30(29)35(31)41/h9-13,16-21,24-25,40-41H,7-8,14-15,22-23,26H2,1-6H3,(H,39,42). The van der Waals surface area contributed by atoms with E-state index in [0.29, 0.717) is 25.1 Å². The number of fused-ring (bicyclic) bond motifs is 1. The number of nitrogens with one attached hydrogen (secondary N) is 2. The summed E-state index contributed by atoms with van der Waals surface area (Å²) in [6.45, 7) is 15.3. The fraction of sp³-hybridized carbons (Fsp3) is 0.395. The summed E-state index contributed by atoms with van der Waals surface area (Å²) >= 11 is 0. The molecule has 0 aromatic heterocycles. The van der Waals surface area contributed by atoms with Gasteiger partial charge in [-0.05, 0) is 59.8 Å². The van der Waals surface area contributed by atoms with Gasteiger partial charge >= 0.3 is 0 Å². The summed E-state index contributed by atoms with van der Waals surface area (Å²) in [4.78, 5) is 13.2. The number of carbonyl (C=O) groups excluding carboxylic acids is 1. The van der Waals surface area contributed by atoms with Gasteiger partial charge in [-0.1, -0.05) is 108 Å². The van der Waals surface area contributed by atoms with Crippen molar-refractivity contribution in [2.75, 3.05) is 18.5 Å². The summed E-state index contributed by atoms with van der Waals surface area (Å²) in [6.07, 6.45) is 3.68. The molecule has 0 bridgehead atoms. The third-order valence-electron chi connectivity index (χ3n) is 8.96. The fourth-order valence-corrected chi connectivity index (χ4v) is 5.18. The van der Waals surface area contributed by atoms with E-state index < -0.39 is 0 Å². The Hall–Kier alpha value is -3.99. The second-order valence-corrected chi connectivity index (χ2v) is 12.7. The van der Waals surface area contributed by atoms with Gasteiger partial charge in [0.25, 0.3) is 5.91 Å². The average molecular weight is 581 g/mol. The molecule has 0 atom stereocenters. The summed E-state index contributed by atoms with van der Waals surface area (Å²) in [5, 5.41) is 19.0. The number of benzene rings is 4. The monoisotopic (exact) mass is 580 g/mol. The summed E-state index contributed by atoms with van der Waals surface area (Å²) < 4.78 is 6.30. The topological polar surface area (TPSA) is 70.6 Å². The molecule has 0 aliphatic rings. The molecule has 5 heteroatoms. The Morgan fingerprint density at radius 3 is 2.19 bits per heavy atom. The fourth-order valence-electron chi connectivity index (χ4n) is 5.18. The SMILES string of the molecule is CCC(C)(C)c1ccc(OCCCCNC(=O)c2cc(NCc3ccccc3)c3ccccc3c2O)c(C(C)(C)CC)c1. The van der Waals surface area contributed by atoms with E-state index in [1.54, 1.807) is 6.07 Å². The number of phenolic OH excluding ortho intramolecular Hbond substituents is 1. The lowest BCUT2D eigenvalue weighted by Gasteiger charge is -2.30. The Balaban J connectivity index is 1.37. The first-order chi connectivity index (χ1) is 20.6. The van der Waals surface area contributed by atoms with E-state index in [1.807, 2.05) is 42.5 Å². The summed E-state index contributed by atoms with van der Waals surface area (Å²) in [5.74, 6) is 0.665. The van der Waals surface area contributed by atoms with Gasteiger partial charge in [-0.25, -0.2) is 0 Å². The second-order valence-electron chi connectivity index (χ2n) is 12.7. The minimum Gasteiger partial charge on any atom is -0.506 e. The Kier molecular flexibility index (Phi) is 10.4. The molecule has 0 saturated carbocycles. The normalized spacial score (nSPS) is 11.9. The molecule has 1 amide bonds. The number of hydrogen-bond donors (Lipinski definition) is 3. The molecule has 5 nitrogen and oxygen atoms in total. The van der Waals surface area contributed by atoms with Crippen molar-refractivity contribution in [2.45, 2.75) is 84.6 Å². The van der Waals surface area contributed by atoms with Gasteiger partial charge in [0.2, 0.25) is 0 Å². The molecule has 0 heterocycles. The van der Waals surface area contributed by atoms with Crippen LogP contribution in [-0.2, 0) is 17.4 Å². The Bertz CT molecular complexity index is 1530. The molecule has 43 heavy (non-hydrogen) atoms. The van der Waals surface area contributed by atoms with Crippen molar-refractivity contribution in [2.24, 2.45) is 0 Å². The number of amides is 1. The Morgan fingerprint density at radius 1 is 0.814 bits per heavy atom. The van der Waals surface area contributed by atoms with Crippen molar-refractivity contribution in [1.82, 2.24) is 5.32 Å². The van der Waals surface area contributed by atoms with Crippen LogP contribution in [0.25, 0.3) is 10.8 Å². The van der Waals surface area contributed by atoms with Crippen molar-refractivity contribution in [3.8, 4) is 11.5 Å². The van der Waals surface area contributed by atoms with E-state index in [-0.39, 0.29) is 28.1 Å². The van der Waals surface area contributed by atoms with E-state index >= 15 is 0 Å². The van der Waals surface area contributed by atoms with Gasteiger partial charge in [-0.15, -0.1) is 0 Å². The molecule has 0 saturated heterocycles. The average Bonchev–Trinajstić information content (AvgIpc) is 3.02. The summed E-state index contributed by atoms with van der Waals surface area (Å²) in [5.41, 5.74) is 4.96. The molecule has 3 N–H and O–H groups in total. The third kappa shape index (κ3) is 7.70. The van der Waals surface area contributed by atoms with E-state index in [9.17, 15) is 9.90 Å². The van der Waals surface area contributed by atoms with Crippen molar-refractivity contribution in [1.29, 1.82) is 0 Å². The zero-order valence-corrected chi connectivity index (χ0v) is 26.7. The number of ether oxygens (including phenoxy) is 1. The first-order valence-electron chi connectivity index (χ1n) is 15.7. The molecule has 4 aromatic carbocycles. The lowest BCUT2D eigenvalue weighted by Crippen LogP contribution is -2.25. The van der Waals surface area contributed by atoms with Crippen LogP contribution in [0.4, 0.5) is 5.69 Å². The van der Waals surface area contributed by atoms with Crippen LogP contribution in [0.3, 0.4) is 0 Å². The van der Waals surface area contributed by atoms with Gasteiger partial charge in [-0.2, -0.15) is 0 Å². The molecule has 0 spiro atoms. The predicted octanol–water partition coefficient (Wildman–Crippen LogP) is 9.12. The molecule has 0 radical (unpaired) electrons. The van der Waals surface area contributed by atoms with Crippen molar-refractivity contribution in [3.05, 3.63) is 101 Å². The summed E-state index contributed by atoms with van der Waals surface area (Å²) in [6, 6.07) is 26.1. The maximum absolute atomic E-state index is 13.2. The predicted molar refractivity (Wildman–Crippen MR) is 180 cm³/mol. The summed E-state index contributed by atoms with van der Waals surface area (Å²) in [7, 11) is 0. The number of hydrogen-bond acceptors (Lipinski definition) is 4. The van der Waals surface area contributed by atoms with Crippen LogP contribution in [0.2, 0.25) is 0 Å². The van der Waals surface area contributed by atoms with Gasteiger partial charge in [0.15, 0.2) is 0 Å². The van der Waals surface area contributed by atoms with Crippen molar-refractivity contribution in [3.63, 3.8) is 0 Å². The van der Waals surface area contributed by atoms with E-state index in [1.165, 1.54) is 11.1 Å². The maximum atomic E-state index is 13.2. The van der Waals surface area contributed by atoms with Crippen molar-refractivity contribution < 1.29 is 14.6 Å². The molecule has 0 unspecified atom stereocenters. The highest BCUT2D eigenvalue weighted by Crippen LogP contribution is 2.39. The maximum Gasteiger partial charge on any atom is 0.255 e. The quantitative estimate of drug-likeness (QED) is 0.103. The molecule has 0 fully saturated rings. The molecule has 0 aliphatic carbocycles. The highest BCUT2D eigenvalue weighted by atomic mass is 16.5. The van der Waals surface area contributed by atoms with Crippen LogP contribution in [0, 0.1) is 0 Å². The van der Waals surface area contributed by atoms with Crippen LogP contribution < -0.4 is 15.4 Å². The minimum absolute atomic E-state index is 0.00228. The lowest BCUT2D eigenvalue weighted by molar-refractivity contribution is 0.0950. The number of rotatable bonds is 14. The Labute approximate surface area is 257 Å². The van der Waals surface area contributed by atoms with Gasteiger partial charge < -0.3 is 20.5 Å². The van der Waals surface area contributed by atoms with Crippen LogP contribution >= 0.6 is 0 Å². The van der Waals surface area contributed by atoms with Crippen molar-refractivity contribution >= 4 is 22.4 Å². The molecular weight excluding hydrogens is 532 g/mol. The number of aromatic hydroxyl groups is 1. The zero-order valence-electron chi connectivity index (χ0n) is 26.7. The molecule has 4 aromatic rings. The number of phenols is 1. The molecular formula is C38H48N2O3. The van der Waals surface area contributed by atoms with E-state index in [4.69, 9.17) is 4.74 Å². The highest BCUT2D eigenvalue weighted by Gasteiger charge is 2.26.